The highest BCUT2D eigenvalue weighted by molar-refractivity contribution is 5.67. The summed E-state index contributed by atoms with van der Waals surface area (Å²) in [5.74, 6) is 0.401. The Labute approximate surface area is 73.0 Å². The highest BCUT2D eigenvalue weighted by Gasteiger charge is 2.23. The molecule has 0 aromatic heterocycles. The molecule has 1 aliphatic heterocycles. The van der Waals surface area contributed by atoms with Gasteiger partial charge in [0, 0.05) is 13.1 Å². The van der Waals surface area contributed by atoms with Gasteiger partial charge in [0.2, 0.25) is 0 Å². The summed E-state index contributed by atoms with van der Waals surface area (Å²) in [7, 11) is 1.41. The largest absolute Gasteiger partial charge is 0.453 e. The van der Waals surface area contributed by atoms with Crippen LogP contribution in [0.3, 0.4) is 0 Å². The standard InChI is InChI=1S/C9H15NO2/c1-7-4-5-10(6-8(7)2)9(11)12-3/h8H,1,4-6H2,2-3H3. The number of nitrogens with zero attached hydrogens (tertiary/aromatic N) is 1. The zero-order valence-electron chi connectivity index (χ0n) is 7.67. The molecule has 1 heterocycles. The molecule has 0 N–H and O–H groups in total. The lowest BCUT2D eigenvalue weighted by molar-refractivity contribution is 0.113. The molecular formula is C9H15NO2. The maximum Gasteiger partial charge on any atom is 0.409 e. The van der Waals surface area contributed by atoms with Gasteiger partial charge in [0.25, 0.3) is 0 Å². The molecule has 1 fully saturated rings. The van der Waals surface area contributed by atoms with Crippen molar-refractivity contribution in [2.45, 2.75) is 13.3 Å². The van der Waals surface area contributed by atoms with Crippen molar-refractivity contribution in [3.8, 4) is 0 Å². The van der Waals surface area contributed by atoms with Crippen molar-refractivity contribution in [3.05, 3.63) is 12.2 Å². The molecule has 0 aromatic carbocycles. The van der Waals surface area contributed by atoms with Crippen molar-refractivity contribution < 1.29 is 9.53 Å². The van der Waals surface area contributed by atoms with Crippen molar-refractivity contribution in [1.82, 2.24) is 4.90 Å². The van der Waals surface area contributed by atoms with E-state index in [1.807, 2.05) is 0 Å². The first-order valence-electron chi connectivity index (χ1n) is 4.15. The predicted molar refractivity (Wildman–Crippen MR) is 46.9 cm³/mol. The van der Waals surface area contributed by atoms with E-state index in [9.17, 15) is 4.79 Å². The van der Waals surface area contributed by atoms with Gasteiger partial charge in [0.05, 0.1) is 7.11 Å². The van der Waals surface area contributed by atoms with Crippen LogP contribution in [0.25, 0.3) is 0 Å². The van der Waals surface area contributed by atoms with Crippen LogP contribution >= 0.6 is 0 Å². The molecule has 68 valence electrons. The summed E-state index contributed by atoms with van der Waals surface area (Å²) in [5.41, 5.74) is 1.23. The Morgan fingerprint density at radius 2 is 2.42 bits per heavy atom. The van der Waals surface area contributed by atoms with Crippen molar-refractivity contribution in [2.24, 2.45) is 5.92 Å². The van der Waals surface area contributed by atoms with Crippen LogP contribution in [0.4, 0.5) is 4.79 Å². The second-order valence-electron chi connectivity index (χ2n) is 3.23. The molecule has 1 rings (SSSR count). The highest BCUT2D eigenvalue weighted by Crippen LogP contribution is 2.20. The number of likely N-dealkylation sites (tertiary alicyclic amines) is 1. The van der Waals surface area contributed by atoms with E-state index in [0.29, 0.717) is 5.92 Å². The van der Waals surface area contributed by atoms with Crippen molar-refractivity contribution >= 4 is 6.09 Å². The first-order chi connectivity index (χ1) is 5.65. The van der Waals surface area contributed by atoms with Crippen molar-refractivity contribution in [2.75, 3.05) is 20.2 Å². The average Bonchev–Trinajstić information content (AvgIpc) is 2.08. The van der Waals surface area contributed by atoms with Gasteiger partial charge in [-0.15, -0.1) is 0 Å². The number of ether oxygens (including phenoxy) is 1. The topological polar surface area (TPSA) is 29.5 Å². The minimum Gasteiger partial charge on any atom is -0.453 e. The van der Waals surface area contributed by atoms with Crippen molar-refractivity contribution in [3.63, 3.8) is 0 Å². The van der Waals surface area contributed by atoms with E-state index in [-0.39, 0.29) is 6.09 Å². The van der Waals surface area contributed by atoms with Crippen LogP contribution in [0.2, 0.25) is 0 Å². The number of methoxy groups -OCH3 is 1. The molecule has 3 nitrogen and oxygen atoms in total. The second-order valence-corrected chi connectivity index (χ2v) is 3.23. The van der Waals surface area contributed by atoms with Crippen LogP contribution in [0.1, 0.15) is 13.3 Å². The molecule has 0 aliphatic carbocycles. The molecular weight excluding hydrogens is 154 g/mol. The lowest BCUT2D eigenvalue weighted by Gasteiger charge is -2.31. The number of carbonyl (C=O) groups excluding carboxylic acids is 1. The summed E-state index contributed by atoms with van der Waals surface area (Å²) in [6.07, 6.45) is 0.672. The van der Waals surface area contributed by atoms with Crippen LogP contribution < -0.4 is 0 Å². The smallest absolute Gasteiger partial charge is 0.409 e. The van der Waals surface area contributed by atoms with E-state index in [0.717, 1.165) is 19.5 Å². The van der Waals surface area contributed by atoms with E-state index in [1.54, 1.807) is 4.90 Å². The minimum atomic E-state index is -0.227. The van der Waals surface area contributed by atoms with Gasteiger partial charge in [0.15, 0.2) is 0 Å². The van der Waals surface area contributed by atoms with E-state index in [4.69, 9.17) is 0 Å². The Hall–Kier alpha value is -0.990. The Kier molecular flexibility index (Phi) is 2.74. The van der Waals surface area contributed by atoms with E-state index < -0.39 is 0 Å². The molecule has 0 radical (unpaired) electrons. The number of hydrogen-bond donors (Lipinski definition) is 0. The molecule has 0 bridgehead atoms. The Bertz CT molecular complexity index is 201. The summed E-state index contributed by atoms with van der Waals surface area (Å²) < 4.78 is 4.63. The van der Waals surface area contributed by atoms with Gasteiger partial charge in [0.1, 0.15) is 0 Å². The summed E-state index contributed by atoms with van der Waals surface area (Å²) in [6, 6.07) is 0. The van der Waals surface area contributed by atoms with Crippen LogP contribution in [-0.2, 0) is 4.74 Å². The fourth-order valence-corrected chi connectivity index (χ4v) is 1.37. The lowest BCUT2D eigenvalue weighted by Crippen LogP contribution is -2.39. The Balaban J connectivity index is 2.50. The number of hydrogen-bond acceptors (Lipinski definition) is 2. The number of carbonyl (C=O) groups is 1. The van der Waals surface area contributed by atoms with Gasteiger partial charge in [-0.25, -0.2) is 4.79 Å². The first-order valence-corrected chi connectivity index (χ1v) is 4.15. The lowest BCUT2D eigenvalue weighted by atomic mass is 9.95. The zero-order chi connectivity index (χ0) is 9.14. The molecule has 0 spiro atoms. The average molecular weight is 169 g/mol. The van der Waals surface area contributed by atoms with Gasteiger partial charge >= 0.3 is 6.09 Å². The maximum atomic E-state index is 11.1. The third kappa shape index (κ3) is 1.78. The molecule has 1 aliphatic rings. The van der Waals surface area contributed by atoms with Crippen LogP contribution in [0.5, 0.6) is 0 Å². The minimum absolute atomic E-state index is 0.227. The van der Waals surface area contributed by atoms with Gasteiger partial charge in [-0.3, -0.25) is 0 Å². The van der Waals surface area contributed by atoms with Crippen LogP contribution in [0, 0.1) is 5.92 Å². The third-order valence-corrected chi connectivity index (χ3v) is 2.33. The zero-order valence-corrected chi connectivity index (χ0v) is 7.67. The molecule has 1 unspecified atom stereocenters. The monoisotopic (exact) mass is 169 g/mol. The number of amides is 1. The highest BCUT2D eigenvalue weighted by atomic mass is 16.5. The molecule has 0 aromatic rings. The molecule has 1 atom stereocenters. The SMILES string of the molecule is C=C1CCN(C(=O)OC)CC1C. The quantitative estimate of drug-likeness (QED) is 0.516. The third-order valence-electron chi connectivity index (χ3n) is 2.33. The molecule has 0 saturated carbocycles. The first kappa shape index (κ1) is 9.10. The predicted octanol–water partition coefficient (Wildman–Crippen LogP) is 1.65. The van der Waals surface area contributed by atoms with E-state index >= 15 is 0 Å². The van der Waals surface area contributed by atoms with Crippen LogP contribution in [0.15, 0.2) is 12.2 Å². The normalized spacial score (nSPS) is 24.0. The van der Waals surface area contributed by atoms with Gasteiger partial charge in [-0.05, 0) is 12.3 Å². The van der Waals surface area contributed by atoms with Crippen LogP contribution in [-0.4, -0.2) is 31.2 Å². The fourth-order valence-electron chi connectivity index (χ4n) is 1.37. The summed E-state index contributed by atoms with van der Waals surface area (Å²) >= 11 is 0. The Morgan fingerprint density at radius 1 is 1.75 bits per heavy atom. The summed E-state index contributed by atoms with van der Waals surface area (Å²) in [5, 5.41) is 0. The van der Waals surface area contributed by atoms with Gasteiger partial charge < -0.3 is 9.64 Å². The molecule has 1 saturated heterocycles. The Morgan fingerprint density at radius 3 is 2.92 bits per heavy atom. The molecule has 3 heteroatoms. The molecule has 12 heavy (non-hydrogen) atoms. The second kappa shape index (κ2) is 3.61. The summed E-state index contributed by atoms with van der Waals surface area (Å²) in [4.78, 5) is 12.8. The van der Waals surface area contributed by atoms with Crippen molar-refractivity contribution in [1.29, 1.82) is 0 Å². The van der Waals surface area contributed by atoms with E-state index in [1.165, 1.54) is 12.7 Å². The molecule has 1 amide bonds. The fraction of sp³-hybridized carbons (Fsp3) is 0.667. The summed E-state index contributed by atoms with van der Waals surface area (Å²) in [6.45, 7) is 7.50. The number of piperidine rings is 1. The van der Waals surface area contributed by atoms with Gasteiger partial charge in [-0.1, -0.05) is 19.1 Å². The van der Waals surface area contributed by atoms with E-state index in [2.05, 4.69) is 18.2 Å². The van der Waals surface area contributed by atoms with Gasteiger partial charge in [-0.2, -0.15) is 0 Å². The number of rotatable bonds is 0. The maximum absolute atomic E-state index is 11.1.